The van der Waals surface area contributed by atoms with Crippen LogP contribution in [0.4, 0.5) is 5.69 Å². The molecular formula is C16H17NO6S2. The van der Waals surface area contributed by atoms with Crippen LogP contribution < -0.4 is 14.2 Å². The van der Waals surface area contributed by atoms with E-state index in [2.05, 4.69) is 4.72 Å². The smallest absolute Gasteiger partial charge is 0.262 e. The van der Waals surface area contributed by atoms with E-state index in [-0.39, 0.29) is 15.5 Å². The molecule has 9 heteroatoms. The number of hydrogen-bond acceptors (Lipinski definition) is 6. The molecule has 0 saturated carbocycles. The summed E-state index contributed by atoms with van der Waals surface area (Å²) in [4.78, 5) is 0.0406. The molecule has 0 saturated heterocycles. The maximum atomic E-state index is 12.6. The molecular weight excluding hydrogens is 366 g/mol. The molecule has 1 aliphatic heterocycles. The van der Waals surface area contributed by atoms with Gasteiger partial charge in [-0.1, -0.05) is 6.07 Å². The zero-order valence-corrected chi connectivity index (χ0v) is 15.3. The molecule has 1 N–H and O–H groups in total. The summed E-state index contributed by atoms with van der Waals surface area (Å²) < 4.78 is 61.9. The highest BCUT2D eigenvalue weighted by atomic mass is 32.2. The number of sulfone groups is 1. The average Bonchev–Trinajstić information content (AvgIpc) is 2.55. The van der Waals surface area contributed by atoms with Gasteiger partial charge in [0.1, 0.15) is 13.2 Å². The first-order chi connectivity index (χ1) is 11.7. The maximum Gasteiger partial charge on any atom is 0.262 e. The molecule has 7 nitrogen and oxygen atoms in total. The van der Waals surface area contributed by atoms with Crippen molar-refractivity contribution in [3.8, 4) is 11.5 Å². The predicted molar refractivity (Wildman–Crippen MR) is 92.5 cm³/mol. The standard InChI is InChI=1S/C16H17NO6S2/c1-11-3-4-12(24(2,18)19)9-14(11)17-25(20,21)13-5-6-15-16(10-13)23-8-7-22-15/h3-6,9-10,17H,7-8H2,1-2H3. The first-order valence-electron chi connectivity index (χ1n) is 7.40. The van der Waals surface area contributed by atoms with Crippen molar-refractivity contribution in [3.05, 3.63) is 42.0 Å². The van der Waals surface area contributed by atoms with Gasteiger partial charge in [-0.3, -0.25) is 4.72 Å². The first-order valence-corrected chi connectivity index (χ1v) is 10.8. The van der Waals surface area contributed by atoms with Gasteiger partial charge in [0.25, 0.3) is 10.0 Å². The summed E-state index contributed by atoms with van der Waals surface area (Å²) in [5.41, 5.74) is 0.811. The van der Waals surface area contributed by atoms with Crippen molar-refractivity contribution in [2.75, 3.05) is 24.2 Å². The fraction of sp³-hybridized carbons (Fsp3) is 0.250. The third-order valence-corrected chi connectivity index (χ3v) is 6.18. The third kappa shape index (κ3) is 3.72. The minimum Gasteiger partial charge on any atom is -0.486 e. The van der Waals surface area contributed by atoms with E-state index in [4.69, 9.17) is 9.47 Å². The van der Waals surface area contributed by atoms with E-state index in [1.54, 1.807) is 13.0 Å². The lowest BCUT2D eigenvalue weighted by Crippen LogP contribution is -2.17. The number of nitrogens with one attached hydrogen (secondary N) is 1. The van der Waals surface area contributed by atoms with E-state index < -0.39 is 19.9 Å². The van der Waals surface area contributed by atoms with Crippen LogP contribution in [-0.4, -0.2) is 36.3 Å². The molecule has 1 aliphatic rings. The summed E-state index contributed by atoms with van der Waals surface area (Å²) in [5, 5.41) is 0. The van der Waals surface area contributed by atoms with E-state index in [9.17, 15) is 16.8 Å². The van der Waals surface area contributed by atoms with Crippen molar-refractivity contribution < 1.29 is 26.3 Å². The van der Waals surface area contributed by atoms with Gasteiger partial charge in [0.15, 0.2) is 21.3 Å². The molecule has 0 bridgehead atoms. The van der Waals surface area contributed by atoms with Gasteiger partial charge < -0.3 is 9.47 Å². The number of anilines is 1. The van der Waals surface area contributed by atoms with Crippen molar-refractivity contribution in [2.45, 2.75) is 16.7 Å². The summed E-state index contributed by atoms with van der Waals surface area (Å²) in [6, 6.07) is 8.62. The number of rotatable bonds is 4. The Morgan fingerprint density at radius 3 is 2.20 bits per heavy atom. The van der Waals surface area contributed by atoms with Gasteiger partial charge in [-0.25, -0.2) is 16.8 Å². The monoisotopic (exact) mass is 383 g/mol. The number of ether oxygens (including phenoxy) is 2. The zero-order valence-electron chi connectivity index (χ0n) is 13.6. The number of hydrogen-bond donors (Lipinski definition) is 1. The van der Waals surface area contributed by atoms with Crippen LogP contribution in [0, 0.1) is 6.92 Å². The quantitative estimate of drug-likeness (QED) is 0.867. The van der Waals surface area contributed by atoms with Crippen molar-refractivity contribution in [1.82, 2.24) is 0 Å². The fourth-order valence-electron chi connectivity index (χ4n) is 2.34. The van der Waals surface area contributed by atoms with E-state index in [1.807, 2.05) is 0 Å². The molecule has 0 fully saturated rings. The van der Waals surface area contributed by atoms with Crippen LogP contribution in [0.2, 0.25) is 0 Å². The molecule has 1 heterocycles. The van der Waals surface area contributed by atoms with Gasteiger partial charge >= 0.3 is 0 Å². The molecule has 134 valence electrons. The molecule has 25 heavy (non-hydrogen) atoms. The third-order valence-electron chi connectivity index (χ3n) is 3.71. The Labute approximate surface area is 146 Å². The molecule has 2 aromatic rings. The number of benzene rings is 2. The largest absolute Gasteiger partial charge is 0.486 e. The van der Waals surface area contributed by atoms with Crippen molar-refractivity contribution in [2.24, 2.45) is 0 Å². The molecule has 0 aromatic heterocycles. The van der Waals surface area contributed by atoms with Crippen LogP contribution in [0.25, 0.3) is 0 Å². The average molecular weight is 383 g/mol. The van der Waals surface area contributed by atoms with Gasteiger partial charge in [-0.2, -0.15) is 0 Å². The normalized spacial score (nSPS) is 14.2. The Morgan fingerprint density at radius 2 is 1.52 bits per heavy atom. The topological polar surface area (TPSA) is 98.8 Å². The summed E-state index contributed by atoms with van der Waals surface area (Å²) in [6.45, 7) is 2.45. The Balaban J connectivity index is 1.97. The van der Waals surface area contributed by atoms with Crippen LogP contribution in [0.5, 0.6) is 11.5 Å². The van der Waals surface area contributed by atoms with Gasteiger partial charge in [-0.05, 0) is 36.8 Å². The Bertz CT molecular complexity index is 1030. The highest BCUT2D eigenvalue weighted by Gasteiger charge is 2.21. The molecule has 0 aliphatic carbocycles. The number of aryl methyl sites for hydroxylation is 1. The number of fused-ring (bicyclic) bond motifs is 1. The minimum absolute atomic E-state index is 0.000841. The van der Waals surface area contributed by atoms with E-state index in [0.29, 0.717) is 30.3 Å². The molecule has 0 spiro atoms. The molecule has 0 unspecified atom stereocenters. The van der Waals surface area contributed by atoms with E-state index in [1.165, 1.54) is 30.3 Å². The molecule has 2 aromatic carbocycles. The zero-order chi connectivity index (χ0) is 18.2. The fourth-order valence-corrected chi connectivity index (χ4v) is 4.12. The summed E-state index contributed by atoms with van der Waals surface area (Å²) in [6.07, 6.45) is 1.07. The summed E-state index contributed by atoms with van der Waals surface area (Å²) in [7, 11) is -7.36. The van der Waals surface area contributed by atoms with Crippen molar-refractivity contribution in [3.63, 3.8) is 0 Å². The second kappa shape index (κ2) is 6.23. The predicted octanol–water partition coefficient (Wildman–Crippen LogP) is 1.97. The van der Waals surface area contributed by atoms with Gasteiger partial charge in [-0.15, -0.1) is 0 Å². The highest BCUT2D eigenvalue weighted by Crippen LogP contribution is 2.33. The van der Waals surface area contributed by atoms with Crippen molar-refractivity contribution in [1.29, 1.82) is 0 Å². The van der Waals surface area contributed by atoms with Crippen LogP contribution in [-0.2, 0) is 19.9 Å². The van der Waals surface area contributed by atoms with Gasteiger partial charge in [0, 0.05) is 12.3 Å². The van der Waals surface area contributed by atoms with Crippen LogP contribution in [0.3, 0.4) is 0 Å². The molecule has 0 radical (unpaired) electrons. The maximum absolute atomic E-state index is 12.6. The molecule has 0 atom stereocenters. The van der Waals surface area contributed by atoms with Gasteiger partial charge in [0.05, 0.1) is 15.5 Å². The lowest BCUT2D eigenvalue weighted by molar-refractivity contribution is 0.171. The Hall–Kier alpha value is -2.26. The second-order valence-electron chi connectivity index (χ2n) is 5.66. The lowest BCUT2D eigenvalue weighted by Gasteiger charge is -2.19. The van der Waals surface area contributed by atoms with Crippen molar-refractivity contribution >= 4 is 25.5 Å². The minimum atomic E-state index is -3.91. The van der Waals surface area contributed by atoms with Gasteiger partial charge in [0.2, 0.25) is 0 Å². The van der Waals surface area contributed by atoms with E-state index >= 15 is 0 Å². The lowest BCUT2D eigenvalue weighted by atomic mass is 10.2. The van der Waals surface area contributed by atoms with Crippen LogP contribution in [0.15, 0.2) is 46.2 Å². The Kier molecular flexibility index (Phi) is 4.38. The van der Waals surface area contributed by atoms with Crippen LogP contribution >= 0.6 is 0 Å². The molecule has 3 rings (SSSR count). The number of sulfonamides is 1. The summed E-state index contributed by atoms with van der Waals surface area (Å²) >= 11 is 0. The first kappa shape index (κ1) is 17.6. The highest BCUT2D eigenvalue weighted by molar-refractivity contribution is 7.92. The molecule has 0 amide bonds. The van der Waals surface area contributed by atoms with E-state index in [0.717, 1.165) is 6.26 Å². The second-order valence-corrected chi connectivity index (χ2v) is 9.36. The summed E-state index contributed by atoms with van der Waals surface area (Å²) in [5.74, 6) is 0.844. The Morgan fingerprint density at radius 1 is 0.880 bits per heavy atom. The van der Waals surface area contributed by atoms with Crippen LogP contribution in [0.1, 0.15) is 5.56 Å². The SMILES string of the molecule is Cc1ccc(S(C)(=O)=O)cc1NS(=O)(=O)c1ccc2c(c1)OCCO2.